The maximum atomic E-state index is 13.6. The van der Waals surface area contributed by atoms with Gasteiger partial charge in [-0.15, -0.1) is 0 Å². The molecule has 33 heavy (non-hydrogen) atoms. The van der Waals surface area contributed by atoms with E-state index in [1.54, 1.807) is 21.9 Å². The van der Waals surface area contributed by atoms with E-state index in [2.05, 4.69) is 5.32 Å². The zero-order chi connectivity index (χ0) is 23.6. The van der Waals surface area contributed by atoms with E-state index in [0.717, 1.165) is 53.8 Å². The number of hydrogen-bond donors (Lipinski definition) is 2. The first-order valence-corrected chi connectivity index (χ1v) is 13.0. The molecule has 2 aliphatic heterocycles. The largest absolute Gasteiger partial charge is 0.709 e. The molecule has 2 atom stereocenters. The van der Waals surface area contributed by atoms with E-state index < -0.39 is 3.93 Å². The molecule has 0 bridgehead atoms. The van der Waals surface area contributed by atoms with E-state index in [1.165, 1.54) is 12.1 Å². The molecule has 3 fully saturated rings. The summed E-state index contributed by atoms with van der Waals surface area (Å²) in [5, 5.41) is 13.0. The number of amides is 3. The topological polar surface area (TPSA) is 72.9 Å². The van der Waals surface area contributed by atoms with Crippen LogP contribution < -0.4 is 27.9 Å². The van der Waals surface area contributed by atoms with Crippen LogP contribution in [0, 0.1) is 5.92 Å². The smallest absolute Gasteiger partial charge is 0.320 e. The summed E-state index contributed by atoms with van der Waals surface area (Å²) < 4.78 is 24.4. The number of carbonyl (C=O) groups excluding carboxylic acids is 2. The average molecular weight is 575 g/mol. The fourth-order valence-corrected chi connectivity index (χ4v) is 5.67. The Morgan fingerprint density at radius 2 is 1.64 bits per heavy atom. The molecule has 2 heterocycles. The lowest BCUT2D eigenvalue weighted by Crippen LogP contribution is -3.40. The van der Waals surface area contributed by atoms with Crippen molar-refractivity contribution in [2.45, 2.75) is 66.9 Å². The summed E-state index contributed by atoms with van der Waals surface area (Å²) >= 11 is 1.12. The number of hydrogen-bond acceptors (Lipinski definition) is 3. The molecule has 3 amide bonds. The van der Waals surface area contributed by atoms with Gasteiger partial charge in [-0.3, -0.25) is 4.79 Å². The quantitative estimate of drug-likeness (QED) is 0.402. The van der Waals surface area contributed by atoms with Gasteiger partial charge in [0, 0.05) is 44.1 Å². The van der Waals surface area contributed by atoms with Crippen molar-refractivity contribution in [3.8, 4) is 0 Å². The van der Waals surface area contributed by atoms with Crippen molar-refractivity contribution in [1.82, 2.24) is 15.1 Å². The minimum absolute atomic E-state index is 0.0447. The molecule has 0 spiro atoms. The number of nitrogens with zero attached hydrogens (tertiary/aromatic N) is 2. The Hall–Kier alpha value is -1.49. The Labute approximate surface area is 207 Å². The van der Waals surface area contributed by atoms with Crippen LogP contribution in [0.1, 0.15) is 62.0 Å². The van der Waals surface area contributed by atoms with Crippen LogP contribution in [-0.2, 0) is 8.72 Å². The first kappa shape index (κ1) is 24.6. The van der Waals surface area contributed by atoms with Crippen molar-refractivity contribution < 1.29 is 46.1 Å². The number of carbonyl (C=O) groups is 2. The van der Waals surface area contributed by atoms with Crippen LogP contribution in [-0.4, -0.2) is 65.2 Å². The third kappa shape index (κ3) is 6.15. The number of urea groups is 1. The Morgan fingerprint density at radius 3 is 2.24 bits per heavy atom. The standard InChI is InChI=1S/C24H32F2IN3O3/c25-24(26,27)19-7-5-16(6-8-19)18-13-20(28-22(32)17-3-1-2-4-17)15-30(14-18)23(33)29-11-9-21(31)10-12-29/h5-8,17-18,20-21,31H,1-4,9-15H2,(H,28,32)/q-1. The SMILES string of the molecule is O=C(NC1CC(c2ccc(C(F)(F)[I-])cc2)CN(C(=O)N2CCC(O)CC2)C1)C1CCCC1. The number of benzene rings is 1. The highest BCUT2D eigenvalue weighted by atomic mass is 127. The lowest BCUT2D eigenvalue weighted by atomic mass is 9.87. The van der Waals surface area contributed by atoms with Gasteiger partial charge in [-0.25, -0.2) is 13.6 Å². The van der Waals surface area contributed by atoms with Crippen LogP contribution in [0.25, 0.3) is 0 Å². The fourth-order valence-electron chi connectivity index (χ4n) is 5.31. The summed E-state index contributed by atoms with van der Waals surface area (Å²) in [6.45, 7) is 1.95. The van der Waals surface area contributed by atoms with E-state index in [-0.39, 0.29) is 41.5 Å². The highest BCUT2D eigenvalue weighted by molar-refractivity contribution is 5.79. The van der Waals surface area contributed by atoms with Crippen molar-refractivity contribution >= 4 is 11.9 Å². The number of aliphatic hydroxyl groups excluding tert-OH is 1. The molecule has 183 valence electrons. The fraction of sp³-hybridized carbons (Fsp3) is 0.667. The number of halogens is 3. The predicted octanol–water partition coefficient (Wildman–Crippen LogP) is 0.330. The lowest BCUT2D eigenvalue weighted by molar-refractivity contribution is -0.583. The first-order chi connectivity index (χ1) is 15.7. The third-order valence-electron chi connectivity index (χ3n) is 7.24. The Bertz CT molecular complexity index is 834. The van der Waals surface area contributed by atoms with Crippen LogP contribution >= 0.6 is 0 Å². The summed E-state index contributed by atoms with van der Waals surface area (Å²) in [7, 11) is 0. The molecule has 1 radical (unpaired) electrons. The predicted molar refractivity (Wildman–Crippen MR) is 115 cm³/mol. The minimum Gasteiger partial charge on any atom is -0.709 e. The maximum absolute atomic E-state index is 13.6. The molecular weight excluding hydrogens is 543 g/mol. The van der Waals surface area contributed by atoms with Gasteiger partial charge in [0.05, 0.1) is 6.10 Å². The Morgan fingerprint density at radius 1 is 1.00 bits per heavy atom. The van der Waals surface area contributed by atoms with E-state index in [0.29, 0.717) is 45.4 Å². The minimum atomic E-state index is -2.93. The van der Waals surface area contributed by atoms with Gasteiger partial charge in [0.1, 0.15) is 0 Å². The van der Waals surface area contributed by atoms with E-state index in [1.807, 2.05) is 0 Å². The molecule has 4 rings (SSSR count). The maximum Gasteiger partial charge on any atom is 0.320 e. The number of piperidine rings is 2. The van der Waals surface area contributed by atoms with Gasteiger partial charge in [-0.2, -0.15) is 0 Å². The molecular formula is C24H32F2IN3O3-. The second kappa shape index (κ2) is 10.4. The van der Waals surface area contributed by atoms with Crippen LogP contribution in [0.4, 0.5) is 13.6 Å². The molecule has 1 aromatic carbocycles. The highest BCUT2D eigenvalue weighted by Crippen LogP contribution is 2.31. The van der Waals surface area contributed by atoms with Crippen molar-refractivity contribution in [3.63, 3.8) is 0 Å². The van der Waals surface area contributed by atoms with E-state index >= 15 is 0 Å². The first-order valence-electron chi connectivity index (χ1n) is 11.9. The second-order valence-corrected chi connectivity index (χ2v) is 11.0. The van der Waals surface area contributed by atoms with Gasteiger partial charge >= 0.3 is 6.03 Å². The Balaban J connectivity index is 1.50. The highest BCUT2D eigenvalue weighted by Gasteiger charge is 2.36. The number of alkyl halides is 3. The summed E-state index contributed by atoms with van der Waals surface area (Å²) in [6.07, 6.45) is 5.40. The molecule has 1 saturated carbocycles. The van der Waals surface area contributed by atoms with Gasteiger partial charge in [-0.1, -0.05) is 37.1 Å². The van der Waals surface area contributed by atoms with Gasteiger partial charge in [-0.05, 0) is 43.2 Å². The summed E-state index contributed by atoms with van der Waals surface area (Å²) in [5.41, 5.74) is 0.847. The number of likely N-dealkylation sites (tertiary alicyclic amines) is 2. The van der Waals surface area contributed by atoms with E-state index in [9.17, 15) is 23.5 Å². The van der Waals surface area contributed by atoms with Crippen molar-refractivity contribution in [3.05, 3.63) is 35.4 Å². The summed E-state index contributed by atoms with van der Waals surface area (Å²) in [4.78, 5) is 29.6. The van der Waals surface area contributed by atoms with Gasteiger partial charge < -0.3 is 42.8 Å². The van der Waals surface area contributed by atoms with Crippen molar-refractivity contribution in [2.75, 3.05) is 26.2 Å². The monoisotopic (exact) mass is 575 g/mol. The van der Waals surface area contributed by atoms with Crippen LogP contribution in [0.3, 0.4) is 0 Å². The normalized spacial score (nSPS) is 25.3. The zero-order valence-corrected chi connectivity index (χ0v) is 20.8. The van der Waals surface area contributed by atoms with Crippen molar-refractivity contribution in [2.24, 2.45) is 5.92 Å². The van der Waals surface area contributed by atoms with Gasteiger partial charge in [0.2, 0.25) is 5.91 Å². The molecule has 1 aromatic rings. The second-order valence-electron chi connectivity index (χ2n) is 9.65. The molecule has 1 aliphatic carbocycles. The molecule has 6 nitrogen and oxygen atoms in total. The van der Waals surface area contributed by atoms with Crippen LogP contribution in [0.5, 0.6) is 0 Å². The molecule has 3 aliphatic rings. The molecule has 0 aromatic heterocycles. The average Bonchev–Trinajstić information content (AvgIpc) is 3.34. The third-order valence-corrected chi connectivity index (χ3v) is 7.86. The number of aliphatic hydroxyl groups is 1. The molecule has 2 unspecified atom stereocenters. The Kier molecular flexibility index (Phi) is 7.77. The molecule has 2 N–H and O–H groups in total. The number of nitrogens with one attached hydrogen (secondary N) is 1. The zero-order valence-electron chi connectivity index (χ0n) is 18.7. The summed E-state index contributed by atoms with van der Waals surface area (Å²) in [5.74, 6) is 0.0543. The van der Waals surface area contributed by atoms with Crippen LogP contribution in [0.15, 0.2) is 24.3 Å². The lowest BCUT2D eigenvalue weighted by Gasteiger charge is -2.42. The molecule has 2 saturated heterocycles. The number of rotatable bonds is 4. The van der Waals surface area contributed by atoms with Crippen molar-refractivity contribution in [1.29, 1.82) is 0 Å². The summed E-state index contributed by atoms with van der Waals surface area (Å²) in [6, 6.07) is 6.06. The van der Waals surface area contributed by atoms with Crippen LogP contribution in [0.2, 0.25) is 0 Å². The van der Waals surface area contributed by atoms with Gasteiger partial charge in [0.15, 0.2) is 3.93 Å². The van der Waals surface area contributed by atoms with E-state index in [4.69, 9.17) is 0 Å². The molecule has 9 heteroatoms. The van der Waals surface area contributed by atoms with Gasteiger partial charge in [0.25, 0.3) is 0 Å².